The van der Waals surface area contributed by atoms with Crippen LogP contribution in [0, 0.1) is 5.92 Å². The molecule has 1 amide bonds. The average molecular weight is 275 g/mol. The summed E-state index contributed by atoms with van der Waals surface area (Å²) in [6.45, 7) is 3.45. The molecular weight excluding hydrogens is 254 g/mol. The van der Waals surface area contributed by atoms with Gasteiger partial charge in [0.05, 0.1) is 0 Å². The monoisotopic (exact) mass is 275 g/mol. The topological polar surface area (TPSA) is 45.7 Å². The first kappa shape index (κ1) is 13.4. The van der Waals surface area contributed by atoms with E-state index in [1.54, 1.807) is 7.11 Å². The van der Waals surface area contributed by atoms with Crippen LogP contribution in [-0.4, -0.2) is 49.1 Å². The van der Waals surface area contributed by atoms with Gasteiger partial charge in [-0.25, -0.2) is 4.98 Å². The Morgan fingerprint density at radius 2 is 2.30 bits per heavy atom. The molecule has 0 atom stereocenters. The first-order valence-electron chi connectivity index (χ1n) is 7.23. The third-order valence-electron chi connectivity index (χ3n) is 3.96. The molecule has 20 heavy (non-hydrogen) atoms. The summed E-state index contributed by atoms with van der Waals surface area (Å²) in [5.41, 5.74) is 1.13. The van der Waals surface area contributed by atoms with Gasteiger partial charge >= 0.3 is 0 Å². The van der Waals surface area contributed by atoms with Crippen LogP contribution in [-0.2, 0) is 16.1 Å². The molecule has 5 heteroatoms. The Morgan fingerprint density at radius 3 is 3.05 bits per heavy atom. The lowest BCUT2D eigenvalue weighted by molar-refractivity contribution is -0.135. The number of rotatable bonds is 4. The van der Waals surface area contributed by atoms with E-state index in [-0.39, 0.29) is 12.5 Å². The number of ether oxygens (including phenoxy) is 1. The van der Waals surface area contributed by atoms with Crippen molar-refractivity contribution in [1.82, 2.24) is 9.88 Å². The van der Waals surface area contributed by atoms with Gasteiger partial charge in [-0.3, -0.25) is 4.79 Å². The fourth-order valence-electron chi connectivity index (χ4n) is 2.69. The smallest absolute Gasteiger partial charge is 0.248 e. The van der Waals surface area contributed by atoms with Gasteiger partial charge in [-0.15, -0.1) is 0 Å². The minimum Gasteiger partial charge on any atom is -0.375 e. The van der Waals surface area contributed by atoms with E-state index in [0.29, 0.717) is 6.54 Å². The predicted octanol–water partition coefficient (Wildman–Crippen LogP) is 1.29. The van der Waals surface area contributed by atoms with Crippen LogP contribution in [0.1, 0.15) is 18.4 Å². The molecule has 0 saturated heterocycles. The molecule has 1 aliphatic carbocycles. The van der Waals surface area contributed by atoms with Crippen LogP contribution < -0.4 is 4.90 Å². The Morgan fingerprint density at radius 1 is 1.45 bits per heavy atom. The lowest BCUT2D eigenvalue weighted by atomic mass is 10.2. The molecule has 1 aromatic heterocycles. The first-order chi connectivity index (χ1) is 9.78. The number of nitrogens with zero attached hydrogens (tertiary/aromatic N) is 3. The Bertz CT molecular complexity index is 488. The molecule has 0 spiro atoms. The quantitative estimate of drug-likeness (QED) is 0.830. The van der Waals surface area contributed by atoms with E-state index in [2.05, 4.69) is 16.0 Å². The number of fused-ring (bicyclic) bond motifs is 1. The van der Waals surface area contributed by atoms with Gasteiger partial charge in [0, 0.05) is 45.0 Å². The van der Waals surface area contributed by atoms with E-state index in [1.807, 2.05) is 17.2 Å². The molecule has 1 aromatic rings. The van der Waals surface area contributed by atoms with Crippen molar-refractivity contribution in [3.63, 3.8) is 0 Å². The lowest BCUT2D eigenvalue weighted by Gasteiger charge is -2.23. The standard InChI is InChI=1S/C15H21N3O2/c1-20-11-14(19)17-7-8-18(9-12-4-5-12)15-13(10-17)3-2-6-16-15/h2-3,6,12H,4-5,7-11H2,1H3. The maximum atomic E-state index is 12.1. The van der Waals surface area contributed by atoms with Crippen molar-refractivity contribution < 1.29 is 9.53 Å². The van der Waals surface area contributed by atoms with Gasteiger partial charge in [-0.2, -0.15) is 0 Å². The number of carbonyl (C=O) groups is 1. The minimum absolute atomic E-state index is 0.0515. The molecule has 0 aromatic carbocycles. The average Bonchev–Trinajstić information content (AvgIpc) is 3.27. The maximum Gasteiger partial charge on any atom is 0.248 e. The van der Waals surface area contributed by atoms with Crippen molar-refractivity contribution in [2.45, 2.75) is 19.4 Å². The molecule has 0 bridgehead atoms. The van der Waals surface area contributed by atoms with E-state index >= 15 is 0 Å². The van der Waals surface area contributed by atoms with E-state index in [9.17, 15) is 4.79 Å². The molecule has 0 N–H and O–H groups in total. The molecule has 2 aliphatic rings. The largest absolute Gasteiger partial charge is 0.375 e. The molecule has 2 heterocycles. The van der Waals surface area contributed by atoms with Gasteiger partial charge in [0.15, 0.2) is 0 Å². The summed E-state index contributed by atoms with van der Waals surface area (Å²) >= 11 is 0. The van der Waals surface area contributed by atoms with E-state index < -0.39 is 0 Å². The Labute approximate surface area is 119 Å². The van der Waals surface area contributed by atoms with Gasteiger partial charge in [-0.1, -0.05) is 6.07 Å². The van der Waals surface area contributed by atoms with Crippen LogP contribution in [0.5, 0.6) is 0 Å². The normalized spacial score (nSPS) is 18.6. The SMILES string of the molecule is COCC(=O)N1CCN(CC2CC2)c2ncccc2C1. The van der Waals surface area contributed by atoms with Crippen LogP contribution in [0.3, 0.4) is 0 Å². The maximum absolute atomic E-state index is 12.1. The Kier molecular flexibility index (Phi) is 3.87. The van der Waals surface area contributed by atoms with Crippen molar-refractivity contribution in [2.24, 2.45) is 5.92 Å². The van der Waals surface area contributed by atoms with Gasteiger partial charge in [0.1, 0.15) is 12.4 Å². The molecule has 108 valence electrons. The van der Waals surface area contributed by atoms with E-state index in [4.69, 9.17) is 4.74 Å². The number of methoxy groups -OCH3 is 1. The highest BCUT2D eigenvalue weighted by Crippen LogP contribution is 2.32. The number of aromatic nitrogens is 1. The van der Waals surface area contributed by atoms with Crippen molar-refractivity contribution in [1.29, 1.82) is 0 Å². The van der Waals surface area contributed by atoms with Gasteiger partial charge < -0.3 is 14.5 Å². The molecular formula is C15H21N3O2. The summed E-state index contributed by atoms with van der Waals surface area (Å²) in [5.74, 6) is 1.91. The zero-order chi connectivity index (χ0) is 13.9. The summed E-state index contributed by atoms with van der Waals surface area (Å²) in [6.07, 6.45) is 4.49. The van der Waals surface area contributed by atoms with E-state index in [0.717, 1.165) is 36.9 Å². The number of carbonyl (C=O) groups excluding carboxylic acids is 1. The molecule has 0 unspecified atom stereocenters. The second-order valence-corrected chi connectivity index (χ2v) is 5.62. The summed E-state index contributed by atoms with van der Waals surface area (Å²) in [7, 11) is 1.56. The summed E-state index contributed by atoms with van der Waals surface area (Å²) in [5, 5.41) is 0. The van der Waals surface area contributed by atoms with Gasteiger partial charge in [0.2, 0.25) is 5.91 Å². The summed E-state index contributed by atoms with van der Waals surface area (Å²) in [4.78, 5) is 20.8. The number of anilines is 1. The summed E-state index contributed by atoms with van der Waals surface area (Å²) in [6, 6.07) is 4.01. The Hall–Kier alpha value is -1.62. The van der Waals surface area contributed by atoms with E-state index in [1.165, 1.54) is 12.8 Å². The fraction of sp³-hybridized carbons (Fsp3) is 0.600. The minimum atomic E-state index is 0.0515. The third kappa shape index (κ3) is 2.93. The van der Waals surface area contributed by atoms with Crippen molar-refractivity contribution >= 4 is 11.7 Å². The van der Waals surface area contributed by atoms with Gasteiger partial charge in [-0.05, 0) is 24.8 Å². The lowest BCUT2D eigenvalue weighted by Crippen LogP contribution is -2.37. The number of hydrogen-bond acceptors (Lipinski definition) is 4. The second kappa shape index (κ2) is 5.79. The number of hydrogen-bond donors (Lipinski definition) is 0. The Balaban J connectivity index is 1.80. The highest BCUT2D eigenvalue weighted by atomic mass is 16.5. The van der Waals surface area contributed by atoms with Crippen LogP contribution in [0.2, 0.25) is 0 Å². The molecule has 3 rings (SSSR count). The van der Waals surface area contributed by atoms with Crippen LogP contribution in [0.4, 0.5) is 5.82 Å². The zero-order valence-corrected chi connectivity index (χ0v) is 11.9. The van der Waals surface area contributed by atoms with Crippen LogP contribution in [0.15, 0.2) is 18.3 Å². The zero-order valence-electron chi connectivity index (χ0n) is 11.9. The van der Waals surface area contributed by atoms with Crippen molar-refractivity contribution in [2.75, 3.05) is 38.3 Å². The van der Waals surface area contributed by atoms with Crippen LogP contribution >= 0.6 is 0 Å². The summed E-state index contributed by atoms with van der Waals surface area (Å²) < 4.78 is 4.97. The number of pyridine rings is 1. The highest BCUT2D eigenvalue weighted by molar-refractivity contribution is 5.78. The molecule has 0 radical (unpaired) electrons. The predicted molar refractivity (Wildman–Crippen MR) is 76.5 cm³/mol. The first-order valence-corrected chi connectivity index (χ1v) is 7.23. The highest BCUT2D eigenvalue weighted by Gasteiger charge is 2.29. The van der Waals surface area contributed by atoms with Gasteiger partial charge in [0.25, 0.3) is 0 Å². The molecule has 1 aliphatic heterocycles. The third-order valence-corrected chi connectivity index (χ3v) is 3.96. The number of amides is 1. The molecule has 1 saturated carbocycles. The second-order valence-electron chi connectivity index (χ2n) is 5.62. The fourth-order valence-corrected chi connectivity index (χ4v) is 2.69. The van der Waals surface area contributed by atoms with Crippen molar-refractivity contribution in [3.8, 4) is 0 Å². The molecule has 5 nitrogen and oxygen atoms in total. The molecule has 1 fully saturated rings. The van der Waals surface area contributed by atoms with Crippen molar-refractivity contribution in [3.05, 3.63) is 23.9 Å². The van der Waals surface area contributed by atoms with Crippen LogP contribution in [0.25, 0.3) is 0 Å².